The summed E-state index contributed by atoms with van der Waals surface area (Å²) in [6, 6.07) is 9.30. The first-order valence-corrected chi connectivity index (χ1v) is 14.0. The van der Waals surface area contributed by atoms with E-state index in [1.165, 1.54) is 0 Å². The molecule has 0 spiro atoms. The van der Waals surface area contributed by atoms with Crippen molar-refractivity contribution in [3.63, 3.8) is 0 Å². The summed E-state index contributed by atoms with van der Waals surface area (Å²) in [4.78, 5) is 52.1. The fourth-order valence-corrected chi connectivity index (χ4v) is 3.26. The Labute approximate surface area is 243 Å². The fraction of sp³-hybridized carbons (Fsp3) is 0.621. The first kappa shape index (κ1) is 35.2. The topological polar surface area (TPSA) is 156 Å². The molecular formula is C29H47N5O7. The molecule has 0 unspecified atom stereocenters. The van der Waals surface area contributed by atoms with Crippen LogP contribution in [0.4, 0.5) is 14.4 Å². The summed E-state index contributed by atoms with van der Waals surface area (Å²) in [6.45, 7) is 11.4. The first-order chi connectivity index (χ1) is 19.2. The molecule has 0 aliphatic carbocycles. The summed E-state index contributed by atoms with van der Waals surface area (Å²) in [5, 5.41) is 10.1. The highest BCUT2D eigenvalue weighted by Crippen LogP contribution is 2.08. The third kappa shape index (κ3) is 20.7. The number of unbranched alkanes of at least 4 members (excludes halogenated alkanes) is 5. The maximum absolute atomic E-state index is 12.1. The van der Waals surface area contributed by atoms with Gasteiger partial charge in [0, 0.05) is 13.1 Å². The summed E-state index contributed by atoms with van der Waals surface area (Å²) in [6.07, 6.45) is 3.33. The van der Waals surface area contributed by atoms with Crippen molar-refractivity contribution in [1.29, 1.82) is 0 Å². The molecule has 0 heterocycles. The van der Waals surface area contributed by atoms with Crippen molar-refractivity contribution in [3.05, 3.63) is 35.9 Å². The molecule has 4 N–H and O–H groups in total. The molecular weight excluding hydrogens is 530 g/mol. The molecule has 0 aliphatic heterocycles. The summed E-state index contributed by atoms with van der Waals surface area (Å²) in [7, 11) is 0. The van der Waals surface area contributed by atoms with E-state index in [4.69, 9.17) is 14.2 Å². The van der Waals surface area contributed by atoms with Gasteiger partial charge in [0.25, 0.3) is 0 Å². The number of ether oxygens (including phenoxy) is 3. The normalized spacial score (nSPS) is 11.1. The lowest BCUT2D eigenvalue weighted by Crippen LogP contribution is -2.47. The van der Waals surface area contributed by atoms with Gasteiger partial charge in [-0.3, -0.25) is 20.4 Å². The van der Waals surface area contributed by atoms with Gasteiger partial charge in [0.05, 0.1) is 6.54 Å². The second-order valence-electron chi connectivity index (χ2n) is 11.4. The number of nitrogens with zero attached hydrogens (tertiary/aromatic N) is 1. The average Bonchev–Trinajstić information content (AvgIpc) is 2.85. The number of rotatable bonds is 13. The number of nitrogens with one attached hydrogen (secondary N) is 4. The summed E-state index contributed by atoms with van der Waals surface area (Å²) in [5.41, 5.74) is -0.524. The third-order valence-electron chi connectivity index (χ3n) is 5.02. The molecule has 41 heavy (non-hydrogen) atoms. The molecule has 12 heteroatoms. The van der Waals surface area contributed by atoms with Gasteiger partial charge in [0.15, 0.2) is 0 Å². The van der Waals surface area contributed by atoms with Gasteiger partial charge in [-0.2, -0.15) is 0 Å². The predicted octanol–water partition coefficient (Wildman–Crippen LogP) is 4.78. The minimum absolute atomic E-state index is 0.0248. The Balaban J connectivity index is 2.20. The van der Waals surface area contributed by atoms with E-state index < -0.39 is 29.5 Å². The number of aliphatic imine (C=N–C) groups is 1. The van der Waals surface area contributed by atoms with Crippen LogP contribution in [0.15, 0.2) is 35.3 Å². The highest BCUT2D eigenvalue weighted by molar-refractivity contribution is 6.01. The largest absolute Gasteiger partial charge is 0.445 e. The van der Waals surface area contributed by atoms with Crippen molar-refractivity contribution >= 4 is 30.1 Å². The molecule has 1 aromatic carbocycles. The Kier molecular flexibility index (Phi) is 15.9. The van der Waals surface area contributed by atoms with E-state index >= 15 is 0 Å². The SMILES string of the molecule is CC(C)(C)OC(=O)NC(=NCCCCCCCCNC(=O)CNC(=O)OCc1ccccc1)NC(=O)OC(C)(C)C. The van der Waals surface area contributed by atoms with Crippen LogP contribution in [0.3, 0.4) is 0 Å². The number of amides is 4. The van der Waals surface area contributed by atoms with Gasteiger partial charge in [-0.05, 0) is 59.9 Å². The van der Waals surface area contributed by atoms with Crippen molar-refractivity contribution in [2.75, 3.05) is 19.6 Å². The van der Waals surface area contributed by atoms with Gasteiger partial charge in [0.2, 0.25) is 11.9 Å². The zero-order valence-corrected chi connectivity index (χ0v) is 25.3. The van der Waals surface area contributed by atoms with Crippen molar-refractivity contribution in [1.82, 2.24) is 21.3 Å². The lowest BCUT2D eigenvalue weighted by atomic mass is 10.1. The Hall–Kier alpha value is -3.83. The van der Waals surface area contributed by atoms with Crippen molar-refractivity contribution in [2.45, 2.75) is 97.9 Å². The highest BCUT2D eigenvalue weighted by atomic mass is 16.6. The number of hydrogen-bond donors (Lipinski definition) is 4. The molecule has 0 saturated heterocycles. The van der Waals surface area contributed by atoms with E-state index in [2.05, 4.69) is 26.3 Å². The van der Waals surface area contributed by atoms with E-state index in [0.29, 0.717) is 13.1 Å². The molecule has 0 bridgehead atoms. The van der Waals surface area contributed by atoms with Gasteiger partial charge >= 0.3 is 18.3 Å². The number of hydrogen-bond acceptors (Lipinski definition) is 8. The van der Waals surface area contributed by atoms with Crippen LogP contribution in [-0.4, -0.2) is 61.0 Å². The summed E-state index contributed by atoms with van der Waals surface area (Å²) >= 11 is 0. The Morgan fingerprint density at radius 1 is 0.707 bits per heavy atom. The highest BCUT2D eigenvalue weighted by Gasteiger charge is 2.21. The van der Waals surface area contributed by atoms with Gasteiger partial charge < -0.3 is 24.8 Å². The number of carbonyl (C=O) groups excluding carboxylic acids is 4. The zero-order chi connectivity index (χ0) is 30.7. The lowest BCUT2D eigenvalue weighted by molar-refractivity contribution is -0.120. The molecule has 0 saturated carbocycles. The third-order valence-corrected chi connectivity index (χ3v) is 5.02. The summed E-state index contributed by atoms with van der Waals surface area (Å²) in [5.74, 6) is -0.293. The Morgan fingerprint density at radius 3 is 1.80 bits per heavy atom. The van der Waals surface area contributed by atoms with Crippen LogP contribution in [0.5, 0.6) is 0 Å². The molecule has 1 aromatic rings. The maximum atomic E-state index is 12.1. The number of carbonyl (C=O) groups is 4. The quantitative estimate of drug-likeness (QED) is 0.114. The minimum atomic E-state index is -0.724. The van der Waals surface area contributed by atoms with Crippen LogP contribution in [0.25, 0.3) is 0 Å². The van der Waals surface area contributed by atoms with E-state index in [1.807, 2.05) is 30.3 Å². The monoisotopic (exact) mass is 577 g/mol. The van der Waals surface area contributed by atoms with E-state index in [-0.39, 0.29) is 25.0 Å². The van der Waals surface area contributed by atoms with Crippen LogP contribution < -0.4 is 21.3 Å². The predicted molar refractivity (Wildman–Crippen MR) is 156 cm³/mol. The second kappa shape index (κ2) is 18.5. The smallest absolute Gasteiger partial charge is 0.414 e. The minimum Gasteiger partial charge on any atom is -0.445 e. The van der Waals surface area contributed by atoms with Crippen molar-refractivity contribution in [2.24, 2.45) is 4.99 Å². The number of guanidine groups is 1. The Bertz CT molecular complexity index is 954. The van der Waals surface area contributed by atoms with Gasteiger partial charge in [-0.15, -0.1) is 0 Å². The van der Waals surface area contributed by atoms with E-state index in [9.17, 15) is 19.2 Å². The standard InChI is InChI=1S/C29H47N5O7/c1-28(2,3)40-26(37)33-24(34-27(38)41-29(4,5)6)31-19-15-10-8-7-9-14-18-30-23(35)20-32-25(36)39-21-22-16-12-11-13-17-22/h11-13,16-17H,7-10,14-15,18-21H2,1-6H3,(H,30,35)(H,32,36)(H2,31,33,34,37,38). The Morgan fingerprint density at radius 2 is 1.24 bits per heavy atom. The van der Waals surface area contributed by atoms with Crippen LogP contribution in [0, 0.1) is 0 Å². The molecule has 0 fully saturated rings. The average molecular weight is 578 g/mol. The molecule has 230 valence electrons. The molecule has 0 aromatic heterocycles. The fourth-order valence-electron chi connectivity index (χ4n) is 3.26. The molecule has 1 rings (SSSR count). The lowest BCUT2D eigenvalue weighted by Gasteiger charge is -2.22. The van der Waals surface area contributed by atoms with Crippen LogP contribution in [0.1, 0.15) is 85.6 Å². The van der Waals surface area contributed by atoms with E-state index in [1.54, 1.807) is 41.5 Å². The molecule has 4 amide bonds. The van der Waals surface area contributed by atoms with Crippen LogP contribution in [-0.2, 0) is 25.6 Å². The van der Waals surface area contributed by atoms with Crippen LogP contribution >= 0.6 is 0 Å². The first-order valence-electron chi connectivity index (χ1n) is 14.0. The van der Waals surface area contributed by atoms with Crippen molar-refractivity contribution < 1.29 is 33.4 Å². The van der Waals surface area contributed by atoms with Gasteiger partial charge in [-0.25, -0.2) is 14.4 Å². The number of benzene rings is 1. The number of alkyl carbamates (subject to hydrolysis) is 3. The molecule has 12 nitrogen and oxygen atoms in total. The van der Waals surface area contributed by atoms with E-state index in [0.717, 1.165) is 44.1 Å². The van der Waals surface area contributed by atoms with Gasteiger partial charge in [-0.1, -0.05) is 56.0 Å². The molecule has 0 aliphatic rings. The molecule has 0 radical (unpaired) electrons. The van der Waals surface area contributed by atoms with Crippen molar-refractivity contribution in [3.8, 4) is 0 Å². The van der Waals surface area contributed by atoms with Crippen LogP contribution in [0.2, 0.25) is 0 Å². The molecule has 0 atom stereocenters. The maximum Gasteiger partial charge on any atom is 0.414 e. The summed E-state index contributed by atoms with van der Waals surface area (Å²) < 4.78 is 15.5. The van der Waals surface area contributed by atoms with Gasteiger partial charge in [0.1, 0.15) is 17.8 Å². The second-order valence-corrected chi connectivity index (χ2v) is 11.4. The zero-order valence-electron chi connectivity index (χ0n) is 25.3.